The molecule has 1 saturated heterocycles. The fourth-order valence-electron chi connectivity index (χ4n) is 5.23. The molecule has 0 aliphatic carbocycles. The number of para-hydroxylation sites is 2. The molecule has 3 nitrogen and oxygen atoms in total. The van der Waals surface area contributed by atoms with Gasteiger partial charge in [-0.2, -0.15) is 0 Å². The van der Waals surface area contributed by atoms with Crippen LogP contribution in [-0.4, -0.2) is 26.6 Å². The Hall–Kier alpha value is -1.35. The third-order valence-electron chi connectivity index (χ3n) is 6.92. The predicted molar refractivity (Wildman–Crippen MR) is 159 cm³/mol. The van der Waals surface area contributed by atoms with Crippen molar-refractivity contribution in [3.05, 3.63) is 58.7 Å². The SMILES string of the molecule is CC(C)c1cccc(C(C)C)c1N1[Si]N(c2c(C(C)C)cccc2C(C)C)P1N(C(C)C)C(C)C. The number of hydrogen-bond donors (Lipinski definition) is 0. The van der Waals surface area contributed by atoms with Crippen molar-refractivity contribution in [2.45, 2.75) is 119 Å². The first-order valence-electron chi connectivity index (χ1n) is 13.6. The van der Waals surface area contributed by atoms with E-state index in [2.05, 4.69) is 133 Å². The quantitative estimate of drug-likeness (QED) is 0.246. The standard InChI is InChI=1S/C30H48N3PSi/c1-19(2)25-15-13-16-26(20(3)4)29(25)32-34(31(23(9)10)24(11)12)33(35-32)30-27(21(5)6)17-14-18-28(30)22(7)8/h13-24H,1-12H3. The van der Waals surface area contributed by atoms with Gasteiger partial charge in [0.2, 0.25) is 0 Å². The third-order valence-corrected chi connectivity index (χ3v) is 11.8. The van der Waals surface area contributed by atoms with Crippen LogP contribution in [0.2, 0.25) is 0 Å². The summed E-state index contributed by atoms with van der Waals surface area (Å²) in [6, 6.07) is 14.9. The van der Waals surface area contributed by atoms with Gasteiger partial charge in [0.1, 0.15) is 0 Å². The Balaban J connectivity index is 2.26. The summed E-state index contributed by atoms with van der Waals surface area (Å²) in [5.41, 5.74) is 8.96. The molecule has 0 aromatic heterocycles. The number of hydrogen-bond acceptors (Lipinski definition) is 3. The lowest BCUT2D eigenvalue weighted by Crippen LogP contribution is -2.58. The molecule has 0 amide bonds. The van der Waals surface area contributed by atoms with Crippen molar-refractivity contribution < 1.29 is 0 Å². The average molecular weight is 510 g/mol. The first-order chi connectivity index (χ1) is 16.4. The fourth-order valence-corrected chi connectivity index (χ4v) is 10.1. The molecule has 1 aliphatic rings. The van der Waals surface area contributed by atoms with Crippen LogP contribution in [0.15, 0.2) is 36.4 Å². The molecule has 2 radical (unpaired) electrons. The summed E-state index contributed by atoms with van der Waals surface area (Å²) in [4.78, 5) is 0. The summed E-state index contributed by atoms with van der Waals surface area (Å²) in [5, 5.41) is 0. The molecule has 5 heteroatoms. The van der Waals surface area contributed by atoms with Crippen molar-refractivity contribution in [1.82, 2.24) is 4.67 Å². The van der Waals surface area contributed by atoms with Crippen molar-refractivity contribution in [3.63, 3.8) is 0 Å². The largest absolute Gasteiger partial charge is 0.344 e. The molecule has 2 aromatic carbocycles. The van der Waals surface area contributed by atoms with Gasteiger partial charge in [0, 0.05) is 23.5 Å². The van der Waals surface area contributed by atoms with E-state index in [0.717, 1.165) is 0 Å². The van der Waals surface area contributed by atoms with Gasteiger partial charge in [0.15, 0.2) is 8.37 Å². The lowest BCUT2D eigenvalue weighted by molar-refractivity contribution is 0.321. The van der Waals surface area contributed by atoms with Crippen LogP contribution in [0.5, 0.6) is 0 Å². The highest BCUT2D eigenvalue weighted by Crippen LogP contribution is 2.63. The van der Waals surface area contributed by atoms with Crippen LogP contribution in [0, 0.1) is 0 Å². The zero-order valence-electron chi connectivity index (χ0n) is 24.2. The van der Waals surface area contributed by atoms with Gasteiger partial charge in [0.05, 0.1) is 0 Å². The summed E-state index contributed by atoms with van der Waals surface area (Å²) < 4.78 is 8.36. The first-order valence-corrected chi connectivity index (χ1v) is 15.7. The minimum absolute atomic E-state index is 0.471. The first kappa shape index (κ1) is 28.2. The molecule has 35 heavy (non-hydrogen) atoms. The molecule has 1 heterocycles. The molecule has 192 valence electrons. The van der Waals surface area contributed by atoms with Crippen LogP contribution in [-0.2, 0) is 0 Å². The number of rotatable bonds is 9. The molecule has 0 saturated carbocycles. The van der Waals surface area contributed by atoms with Crippen LogP contribution in [0.25, 0.3) is 0 Å². The summed E-state index contributed by atoms with van der Waals surface area (Å²) in [6.45, 7) is 28.3. The third kappa shape index (κ3) is 5.50. The molecule has 2 aromatic rings. The second kappa shape index (κ2) is 11.4. The molecule has 0 bridgehead atoms. The smallest absolute Gasteiger partial charge is 0.329 e. The van der Waals surface area contributed by atoms with Gasteiger partial charge in [0.25, 0.3) is 0 Å². The lowest BCUT2D eigenvalue weighted by atomic mass is 9.93. The summed E-state index contributed by atoms with van der Waals surface area (Å²) in [7, 11) is -0.0443. The lowest BCUT2D eigenvalue weighted by Gasteiger charge is -2.59. The summed E-state index contributed by atoms with van der Waals surface area (Å²) in [5.74, 6) is 2.00. The van der Waals surface area contributed by atoms with E-state index in [1.807, 2.05) is 0 Å². The molecule has 1 aliphatic heterocycles. The van der Waals surface area contributed by atoms with E-state index in [-0.39, 0.29) is 0 Å². The van der Waals surface area contributed by atoms with Crippen LogP contribution < -0.4 is 8.67 Å². The van der Waals surface area contributed by atoms with Crippen molar-refractivity contribution in [2.24, 2.45) is 0 Å². The number of benzene rings is 2. The Morgan fingerprint density at radius 3 is 1.06 bits per heavy atom. The van der Waals surface area contributed by atoms with E-state index >= 15 is 0 Å². The second-order valence-corrected chi connectivity index (χ2v) is 15.4. The van der Waals surface area contributed by atoms with Gasteiger partial charge in [-0.1, -0.05) is 91.8 Å². The molecule has 3 rings (SSSR count). The number of anilines is 2. The zero-order chi connectivity index (χ0) is 26.2. The number of nitrogens with zero attached hydrogens (tertiary/aromatic N) is 3. The molecule has 1 fully saturated rings. The molecular formula is C30H48N3PSi. The van der Waals surface area contributed by atoms with Crippen LogP contribution >= 0.6 is 8.37 Å². The van der Waals surface area contributed by atoms with E-state index in [1.54, 1.807) is 0 Å². The van der Waals surface area contributed by atoms with E-state index in [4.69, 9.17) is 0 Å². The summed E-state index contributed by atoms with van der Waals surface area (Å²) in [6.07, 6.45) is 0. The Morgan fingerprint density at radius 2 is 0.829 bits per heavy atom. The molecule has 0 atom stereocenters. The minimum atomic E-state index is -0.671. The maximum atomic E-state index is 2.79. The Morgan fingerprint density at radius 1 is 0.543 bits per heavy atom. The molecule has 0 spiro atoms. The predicted octanol–water partition coefficient (Wildman–Crippen LogP) is 9.39. The van der Waals surface area contributed by atoms with Gasteiger partial charge in [-0.15, -0.1) is 0 Å². The Labute approximate surface area is 220 Å². The molecule has 0 N–H and O–H groups in total. The maximum Gasteiger partial charge on any atom is 0.344 e. The van der Waals surface area contributed by atoms with E-state index < -0.39 is 8.37 Å². The molecule has 0 unspecified atom stereocenters. The highest BCUT2D eigenvalue weighted by atomic mass is 31.2. The zero-order valence-corrected chi connectivity index (χ0v) is 26.1. The van der Waals surface area contributed by atoms with E-state index in [9.17, 15) is 0 Å². The van der Waals surface area contributed by atoms with Crippen molar-refractivity contribution >= 4 is 29.6 Å². The highest BCUT2D eigenvalue weighted by Gasteiger charge is 2.48. The van der Waals surface area contributed by atoms with Crippen molar-refractivity contribution in [1.29, 1.82) is 0 Å². The van der Waals surface area contributed by atoms with E-state index in [1.165, 1.54) is 33.6 Å². The highest BCUT2D eigenvalue weighted by molar-refractivity contribution is 7.68. The van der Waals surface area contributed by atoms with Crippen molar-refractivity contribution in [3.8, 4) is 0 Å². The minimum Gasteiger partial charge on any atom is -0.329 e. The Bertz CT molecular complexity index is 869. The van der Waals surface area contributed by atoms with Crippen LogP contribution in [0.4, 0.5) is 11.4 Å². The van der Waals surface area contributed by atoms with Crippen LogP contribution in [0.3, 0.4) is 0 Å². The second-order valence-electron chi connectivity index (χ2n) is 11.7. The fraction of sp³-hybridized carbons (Fsp3) is 0.600. The van der Waals surface area contributed by atoms with Crippen molar-refractivity contribution in [2.75, 3.05) is 8.67 Å². The topological polar surface area (TPSA) is 9.72 Å². The monoisotopic (exact) mass is 509 g/mol. The van der Waals surface area contributed by atoms with Crippen LogP contribution in [0.1, 0.15) is 129 Å². The molecular weight excluding hydrogens is 461 g/mol. The Kier molecular flexibility index (Phi) is 9.16. The normalized spacial score (nSPS) is 15.2. The van der Waals surface area contributed by atoms with E-state index in [0.29, 0.717) is 45.6 Å². The van der Waals surface area contributed by atoms with Gasteiger partial charge in [-0.25, -0.2) is 4.67 Å². The summed E-state index contributed by atoms with van der Waals surface area (Å²) >= 11 is 0. The van der Waals surface area contributed by atoms with Gasteiger partial charge in [-0.3, -0.25) is 0 Å². The maximum absolute atomic E-state index is 2.79. The van der Waals surface area contributed by atoms with Gasteiger partial charge >= 0.3 is 9.84 Å². The van der Waals surface area contributed by atoms with Gasteiger partial charge in [-0.05, 0) is 73.6 Å². The average Bonchev–Trinajstić information content (AvgIpc) is 2.75. The van der Waals surface area contributed by atoms with Gasteiger partial charge < -0.3 is 8.67 Å².